The first-order chi connectivity index (χ1) is 3.80. The first-order valence-corrected chi connectivity index (χ1v) is 2.78. The van der Waals surface area contributed by atoms with E-state index in [9.17, 15) is 0 Å². The summed E-state index contributed by atoms with van der Waals surface area (Å²) >= 11 is 0. The molecule has 1 atom stereocenters. The fraction of sp³-hybridized carbons (Fsp3) is 1.00. The lowest BCUT2D eigenvalue weighted by Gasteiger charge is -2.04. The Morgan fingerprint density at radius 2 is 2.25 bits per heavy atom. The third-order valence-corrected chi connectivity index (χ3v) is 1.30. The molecule has 0 aromatic heterocycles. The van der Waals surface area contributed by atoms with Gasteiger partial charge in [0.15, 0.2) is 0 Å². The highest BCUT2D eigenvalue weighted by Gasteiger charge is 2.27. The summed E-state index contributed by atoms with van der Waals surface area (Å²) in [5.74, 6) is 0. The average Bonchev–Trinajstić information content (AvgIpc) is 2.12. The van der Waals surface area contributed by atoms with Gasteiger partial charge in [0.2, 0.25) is 0 Å². The molecule has 8 heavy (non-hydrogen) atoms. The fourth-order valence-corrected chi connectivity index (χ4v) is 0.838. The molecular weight excluding hydrogens is 107 g/mol. The summed E-state index contributed by atoms with van der Waals surface area (Å²) in [5.41, 5.74) is 0. The van der Waals surface area contributed by atoms with Crippen molar-refractivity contribution in [3.8, 4) is 0 Å². The summed E-state index contributed by atoms with van der Waals surface area (Å²) in [6, 6.07) is -0.324. The van der Waals surface area contributed by atoms with E-state index in [0.717, 1.165) is 12.8 Å². The molecule has 0 spiro atoms. The minimum Gasteiger partial charge on any atom is -0.425 e. The topological polar surface area (TPSA) is 49.7 Å². The van der Waals surface area contributed by atoms with E-state index in [0.29, 0.717) is 6.61 Å². The van der Waals surface area contributed by atoms with E-state index in [1.807, 2.05) is 0 Å². The quantitative estimate of drug-likeness (QED) is 0.440. The molecule has 0 radical (unpaired) electrons. The van der Waals surface area contributed by atoms with E-state index >= 15 is 0 Å². The number of ether oxygens (including phenoxy) is 1. The molecule has 4 heteroatoms. The summed E-state index contributed by atoms with van der Waals surface area (Å²) in [4.78, 5) is 0. The van der Waals surface area contributed by atoms with E-state index in [-0.39, 0.29) is 6.00 Å². The number of rotatable bonds is 1. The Kier molecular flexibility index (Phi) is 1.88. The van der Waals surface area contributed by atoms with Crippen molar-refractivity contribution in [3.63, 3.8) is 0 Å². The zero-order valence-corrected chi connectivity index (χ0v) is 4.58. The molecular formula is C4H9BO3. The van der Waals surface area contributed by atoms with Crippen molar-refractivity contribution < 1.29 is 14.8 Å². The Bertz CT molecular complexity index is 69.7. The molecule has 0 aliphatic carbocycles. The van der Waals surface area contributed by atoms with E-state index in [1.165, 1.54) is 0 Å². The van der Waals surface area contributed by atoms with Gasteiger partial charge < -0.3 is 14.8 Å². The lowest BCUT2D eigenvalue weighted by Crippen LogP contribution is -2.29. The largest absolute Gasteiger partial charge is 0.482 e. The van der Waals surface area contributed by atoms with Gasteiger partial charge in [0.1, 0.15) is 0 Å². The molecule has 0 saturated carbocycles. The van der Waals surface area contributed by atoms with Crippen LogP contribution in [0.5, 0.6) is 0 Å². The number of hydrogen-bond acceptors (Lipinski definition) is 3. The van der Waals surface area contributed by atoms with E-state index < -0.39 is 7.12 Å². The van der Waals surface area contributed by atoms with Crippen LogP contribution in [0.2, 0.25) is 0 Å². The molecule has 1 fully saturated rings. The van der Waals surface area contributed by atoms with Gasteiger partial charge in [-0.15, -0.1) is 0 Å². The third-order valence-electron chi connectivity index (χ3n) is 1.30. The lowest BCUT2D eigenvalue weighted by atomic mass is 9.81. The molecule has 1 heterocycles. The average molecular weight is 116 g/mol. The molecule has 1 rings (SSSR count). The monoisotopic (exact) mass is 116 g/mol. The smallest absolute Gasteiger partial charge is 0.425 e. The van der Waals surface area contributed by atoms with Crippen LogP contribution < -0.4 is 0 Å². The molecule has 1 aliphatic rings. The summed E-state index contributed by atoms with van der Waals surface area (Å²) in [7, 11) is -1.28. The SMILES string of the molecule is OB(O)C1CCCO1. The van der Waals surface area contributed by atoms with Crippen LogP contribution in [0.1, 0.15) is 12.8 Å². The Balaban J connectivity index is 2.24. The van der Waals surface area contributed by atoms with Crippen molar-refractivity contribution in [3.05, 3.63) is 0 Å². The molecule has 0 bridgehead atoms. The fourth-order valence-electron chi connectivity index (χ4n) is 0.838. The minimum absolute atomic E-state index is 0.324. The maximum atomic E-state index is 8.48. The van der Waals surface area contributed by atoms with Crippen molar-refractivity contribution in [2.24, 2.45) is 0 Å². The molecule has 3 nitrogen and oxygen atoms in total. The number of hydrogen-bond donors (Lipinski definition) is 2. The summed E-state index contributed by atoms with van der Waals surface area (Å²) in [5, 5.41) is 17.0. The normalized spacial score (nSPS) is 28.5. The first kappa shape index (κ1) is 6.07. The molecule has 0 amide bonds. The van der Waals surface area contributed by atoms with Gasteiger partial charge in [-0.2, -0.15) is 0 Å². The molecule has 1 aliphatic heterocycles. The second-order valence-corrected chi connectivity index (χ2v) is 1.97. The van der Waals surface area contributed by atoms with E-state index in [2.05, 4.69) is 0 Å². The van der Waals surface area contributed by atoms with Crippen LogP contribution in [0.4, 0.5) is 0 Å². The second-order valence-electron chi connectivity index (χ2n) is 1.97. The van der Waals surface area contributed by atoms with Gasteiger partial charge in [0.25, 0.3) is 0 Å². The van der Waals surface area contributed by atoms with Crippen LogP contribution in [0.15, 0.2) is 0 Å². The van der Waals surface area contributed by atoms with Gasteiger partial charge in [0, 0.05) is 6.61 Å². The maximum Gasteiger partial charge on any atom is 0.482 e. The standard InChI is InChI=1S/C4H9BO3/c6-5(7)4-2-1-3-8-4/h4,6-7H,1-3H2. The van der Waals surface area contributed by atoms with Gasteiger partial charge in [-0.1, -0.05) is 0 Å². The van der Waals surface area contributed by atoms with Crippen LogP contribution in [0.3, 0.4) is 0 Å². The zero-order chi connectivity index (χ0) is 5.98. The van der Waals surface area contributed by atoms with Gasteiger partial charge in [-0.25, -0.2) is 0 Å². The van der Waals surface area contributed by atoms with Crippen molar-refractivity contribution in [1.82, 2.24) is 0 Å². The minimum atomic E-state index is -1.28. The lowest BCUT2D eigenvalue weighted by molar-refractivity contribution is 0.135. The summed E-state index contributed by atoms with van der Waals surface area (Å²) in [6.07, 6.45) is 1.72. The highest BCUT2D eigenvalue weighted by molar-refractivity contribution is 6.42. The Labute approximate surface area is 48.4 Å². The molecule has 2 N–H and O–H groups in total. The third kappa shape index (κ3) is 1.21. The zero-order valence-electron chi connectivity index (χ0n) is 4.58. The van der Waals surface area contributed by atoms with Crippen LogP contribution in [0.25, 0.3) is 0 Å². The molecule has 0 aromatic carbocycles. The van der Waals surface area contributed by atoms with Crippen LogP contribution in [-0.2, 0) is 4.74 Å². The van der Waals surface area contributed by atoms with Crippen LogP contribution in [-0.4, -0.2) is 29.8 Å². The van der Waals surface area contributed by atoms with Crippen molar-refractivity contribution >= 4 is 7.12 Å². The first-order valence-electron chi connectivity index (χ1n) is 2.78. The Hall–Kier alpha value is -0.0551. The molecule has 0 aromatic rings. The summed E-state index contributed by atoms with van der Waals surface area (Å²) in [6.45, 7) is 0.669. The Morgan fingerprint density at radius 1 is 1.50 bits per heavy atom. The molecule has 46 valence electrons. The predicted molar refractivity (Wildman–Crippen MR) is 29.2 cm³/mol. The van der Waals surface area contributed by atoms with Crippen LogP contribution in [0, 0.1) is 0 Å². The second kappa shape index (κ2) is 2.48. The highest BCUT2D eigenvalue weighted by atomic mass is 16.5. The van der Waals surface area contributed by atoms with E-state index in [4.69, 9.17) is 14.8 Å². The van der Waals surface area contributed by atoms with Crippen molar-refractivity contribution in [2.45, 2.75) is 18.8 Å². The molecule has 1 saturated heterocycles. The predicted octanol–water partition coefficient (Wildman–Crippen LogP) is -0.823. The summed E-state index contributed by atoms with van der Waals surface area (Å²) < 4.78 is 4.91. The molecule has 1 unspecified atom stereocenters. The van der Waals surface area contributed by atoms with E-state index in [1.54, 1.807) is 0 Å². The van der Waals surface area contributed by atoms with Gasteiger partial charge >= 0.3 is 7.12 Å². The van der Waals surface area contributed by atoms with Gasteiger partial charge in [-0.3, -0.25) is 0 Å². The van der Waals surface area contributed by atoms with Crippen LogP contribution >= 0.6 is 0 Å². The van der Waals surface area contributed by atoms with Gasteiger partial charge in [-0.05, 0) is 12.8 Å². The van der Waals surface area contributed by atoms with Crippen molar-refractivity contribution in [1.29, 1.82) is 0 Å². The maximum absolute atomic E-state index is 8.48. The Morgan fingerprint density at radius 3 is 2.50 bits per heavy atom. The van der Waals surface area contributed by atoms with Crippen molar-refractivity contribution in [2.75, 3.05) is 6.61 Å². The van der Waals surface area contributed by atoms with Gasteiger partial charge in [0.05, 0.1) is 6.00 Å². The highest BCUT2D eigenvalue weighted by Crippen LogP contribution is 2.11.